The van der Waals surface area contributed by atoms with Crippen LogP contribution in [0.5, 0.6) is 0 Å². The Bertz CT molecular complexity index is 335. The van der Waals surface area contributed by atoms with E-state index < -0.39 is 0 Å². The molecule has 0 bridgehead atoms. The Morgan fingerprint density at radius 1 is 1.53 bits per heavy atom. The number of ether oxygens (including phenoxy) is 1. The van der Waals surface area contributed by atoms with Gasteiger partial charge in [-0.1, -0.05) is 0 Å². The van der Waals surface area contributed by atoms with Crippen molar-refractivity contribution < 1.29 is 4.74 Å². The number of aromatic nitrogens is 2. The normalized spacial score (nSPS) is 13.1. The highest BCUT2D eigenvalue weighted by atomic mass is 16.5. The van der Waals surface area contributed by atoms with Crippen LogP contribution < -0.4 is 5.32 Å². The van der Waals surface area contributed by atoms with Crippen molar-refractivity contribution in [2.24, 2.45) is 0 Å². The van der Waals surface area contributed by atoms with Gasteiger partial charge >= 0.3 is 0 Å². The minimum atomic E-state index is 0.369. The van der Waals surface area contributed by atoms with Crippen molar-refractivity contribution >= 4 is 5.95 Å². The van der Waals surface area contributed by atoms with Crippen LogP contribution in [-0.4, -0.2) is 54.8 Å². The zero-order valence-corrected chi connectivity index (χ0v) is 11.5. The summed E-state index contributed by atoms with van der Waals surface area (Å²) < 4.78 is 7.20. The van der Waals surface area contributed by atoms with Gasteiger partial charge in [-0.15, -0.1) is 0 Å². The van der Waals surface area contributed by atoms with E-state index >= 15 is 0 Å². The minimum Gasteiger partial charge on any atom is -0.383 e. The van der Waals surface area contributed by atoms with Crippen LogP contribution in [0.3, 0.4) is 0 Å². The van der Waals surface area contributed by atoms with Crippen LogP contribution >= 0.6 is 0 Å². The van der Waals surface area contributed by atoms with Crippen LogP contribution in [0.25, 0.3) is 0 Å². The molecule has 17 heavy (non-hydrogen) atoms. The SMILES string of the molecule is COCCn1cc(C)nc1NC(C)CN(C)C. The van der Waals surface area contributed by atoms with E-state index in [0.29, 0.717) is 12.6 Å². The Balaban J connectivity index is 2.62. The molecule has 0 aliphatic heterocycles. The number of hydrogen-bond acceptors (Lipinski definition) is 4. The molecule has 1 N–H and O–H groups in total. The summed E-state index contributed by atoms with van der Waals surface area (Å²) in [6.07, 6.45) is 2.05. The molecule has 0 aliphatic carbocycles. The van der Waals surface area contributed by atoms with Crippen LogP contribution in [0.15, 0.2) is 6.20 Å². The zero-order valence-electron chi connectivity index (χ0n) is 11.5. The van der Waals surface area contributed by atoms with Crippen molar-refractivity contribution in [2.45, 2.75) is 26.4 Å². The number of rotatable bonds is 7. The van der Waals surface area contributed by atoms with Crippen LogP contribution in [0.2, 0.25) is 0 Å². The van der Waals surface area contributed by atoms with Crippen LogP contribution in [0, 0.1) is 6.92 Å². The van der Waals surface area contributed by atoms with Gasteiger partial charge in [0.15, 0.2) is 0 Å². The number of methoxy groups -OCH3 is 1. The minimum absolute atomic E-state index is 0.369. The van der Waals surface area contributed by atoms with Gasteiger partial charge in [0.25, 0.3) is 0 Å². The summed E-state index contributed by atoms with van der Waals surface area (Å²) in [5.74, 6) is 0.925. The molecular formula is C12H24N4O. The molecule has 0 amide bonds. The fourth-order valence-corrected chi connectivity index (χ4v) is 1.84. The second kappa shape index (κ2) is 6.61. The molecule has 0 aliphatic rings. The average molecular weight is 240 g/mol. The summed E-state index contributed by atoms with van der Waals surface area (Å²) >= 11 is 0. The summed E-state index contributed by atoms with van der Waals surface area (Å²) in [4.78, 5) is 6.65. The number of nitrogens with one attached hydrogen (secondary N) is 1. The lowest BCUT2D eigenvalue weighted by atomic mass is 10.3. The summed E-state index contributed by atoms with van der Waals surface area (Å²) in [7, 11) is 5.85. The molecule has 0 saturated heterocycles. The maximum Gasteiger partial charge on any atom is 0.203 e. The van der Waals surface area contributed by atoms with Gasteiger partial charge in [0.2, 0.25) is 5.95 Å². The molecule has 0 fully saturated rings. The maximum absolute atomic E-state index is 5.09. The van der Waals surface area contributed by atoms with Gasteiger partial charge in [-0.05, 0) is 27.9 Å². The molecule has 5 nitrogen and oxygen atoms in total. The molecule has 1 aromatic rings. The standard InChI is InChI=1S/C12H24N4O/c1-10(8-15(3)4)13-12-14-11(2)9-16(12)6-7-17-5/h9-10H,6-8H2,1-5H3,(H,13,14). The van der Waals surface area contributed by atoms with Gasteiger partial charge in [0, 0.05) is 32.4 Å². The van der Waals surface area contributed by atoms with E-state index in [1.165, 1.54) is 0 Å². The van der Waals surface area contributed by atoms with Gasteiger partial charge in [-0.3, -0.25) is 0 Å². The van der Waals surface area contributed by atoms with Crippen molar-refractivity contribution in [3.63, 3.8) is 0 Å². The lowest BCUT2D eigenvalue weighted by Crippen LogP contribution is -2.30. The van der Waals surface area contributed by atoms with Crippen molar-refractivity contribution in [1.82, 2.24) is 14.5 Å². The first-order valence-corrected chi connectivity index (χ1v) is 5.97. The summed E-state index contributed by atoms with van der Waals surface area (Å²) in [5, 5.41) is 3.43. The first-order valence-electron chi connectivity index (χ1n) is 5.97. The molecule has 1 unspecified atom stereocenters. The van der Waals surface area contributed by atoms with E-state index in [0.717, 1.165) is 24.7 Å². The summed E-state index contributed by atoms with van der Waals surface area (Å²) in [6.45, 7) is 6.67. The third-order valence-electron chi connectivity index (χ3n) is 2.45. The van der Waals surface area contributed by atoms with Crippen molar-refractivity contribution in [3.05, 3.63) is 11.9 Å². The first kappa shape index (κ1) is 14.0. The molecule has 0 aromatic carbocycles. The molecule has 0 saturated carbocycles. The summed E-state index contributed by atoms with van der Waals surface area (Å²) in [6, 6.07) is 0.369. The van der Waals surface area contributed by atoms with Crippen molar-refractivity contribution in [3.8, 4) is 0 Å². The highest BCUT2D eigenvalue weighted by Gasteiger charge is 2.09. The van der Waals surface area contributed by atoms with Crippen LogP contribution in [0.1, 0.15) is 12.6 Å². The number of nitrogens with zero attached hydrogens (tertiary/aromatic N) is 3. The van der Waals surface area contributed by atoms with Crippen LogP contribution in [0.4, 0.5) is 5.95 Å². The zero-order chi connectivity index (χ0) is 12.8. The topological polar surface area (TPSA) is 42.3 Å². The van der Waals surface area contributed by atoms with E-state index in [2.05, 4.69) is 40.8 Å². The molecule has 0 radical (unpaired) electrons. The Morgan fingerprint density at radius 3 is 2.82 bits per heavy atom. The number of aryl methyl sites for hydroxylation is 1. The van der Waals surface area contributed by atoms with Crippen molar-refractivity contribution in [1.29, 1.82) is 0 Å². The smallest absolute Gasteiger partial charge is 0.203 e. The Morgan fingerprint density at radius 2 is 2.24 bits per heavy atom. The van der Waals surface area contributed by atoms with E-state index in [9.17, 15) is 0 Å². The number of imidazole rings is 1. The fraction of sp³-hybridized carbons (Fsp3) is 0.750. The van der Waals surface area contributed by atoms with E-state index in [1.807, 2.05) is 13.1 Å². The highest BCUT2D eigenvalue weighted by molar-refractivity contribution is 5.30. The van der Waals surface area contributed by atoms with Gasteiger partial charge < -0.3 is 19.5 Å². The highest BCUT2D eigenvalue weighted by Crippen LogP contribution is 2.09. The van der Waals surface area contributed by atoms with Gasteiger partial charge in [0.05, 0.1) is 12.3 Å². The molecule has 5 heteroatoms. The Labute approximate surface area is 104 Å². The average Bonchev–Trinajstić information content (AvgIpc) is 2.54. The summed E-state index contributed by atoms with van der Waals surface area (Å²) in [5.41, 5.74) is 1.03. The largest absolute Gasteiger partial charge is 0.383 e. The predicted octanol–water partition coefficient (Wildman–Crippen LogP) is 1.20. The molecule has 1 rings (SSSR count). The quantitative estimate of drug-likeness (QED) is 0.777. The van der Waals surface area contributed by atoms with E-state index in [4.69, 9.17) is 4.74 Å². The number of anilines is 1. The second-order valence-corrected chi connectivity index (χ2v) is 4.70. The Hall–Kier alpha value is -1.07. The van der Waals surface area contributed by atoms with Gasteiger partial charge in [-0.2, -0.15) is 0 Å². The molecule has 1 atom stereocenters. The van der Waals surface area contributed by atoms with E-state index in [1.54, 1.807) is 7.11 Å². The third-order valence-corrected chi connectivity index (χ3v) is 2.45. The monoisotopic (exact) mass is 240 g/mol. The second-order valence-electron chi connectivity index (χ2n) is 4.70. The maximum atomic E-state index is 5.09. The molecule has 1 heterocycles. The predicted molar refractivity (Wildman–Crippen MR) is 70.5 cm³/mol. The first-order chi connectivity index (χ1) is 8.02. The van der Waals surface area contributed by atoms with Crippen LogP contribution in [-0.2, 0) is 11.3 Å². The van der Waals surface area contributed by atoms with Gasteiger partial charge in [0.1, 0.15) is 0 Å². The molecule has 1 aromatic heterocycles. The number of hydrogen-bond donors (Lipinski definition) is 1. The molecule has 98 valence electrons. The number of likely N-dealkylation sites (N-methyl/N-ethyl adjacent to an activating group) is 1. The Kier molecular flexibility index (Phi) is 5.44. The van der Waals surface area contributed by atoms with E-state index in [-0.39, 0.29) is 0 Å². The van der Waals surface area contributed by atoms with Crippen molar-refractivity contribution in [2.75, 3.05) is 39.7 Å². The molecule has 0 spiro atoms. The lowest BCUT2D eigenvalue weighted by Gasteiger charge is -2.19. The fourth-order valence-electron chi connectivity index (χ4n) is 1.84. The molecular weight excluding hydrogens is 216 g/mol. The third kappa shape index (κ3) is 4.75. The van der Waals surface area contributed by atoms with Gasteiger partial charge in [-0.25, -0.2) is 4.98 Å². The lowest BCUT2D eigenvalue weighted by molar-refractivity contribution is 0.187.